The number of benzene rings is 2. The molecule has 1 aromatic heterocycles. The maximum atomic E-state index is 12.2. The summed E-state index contributed by atoms with van der Waals surface area (Å²) in [4.78, 5) is 28.5. The van der Waals surface area contributed by atoms with Gasteiger partial charge in [0.05, 0.1) is 17.1 Å². The number of aromatic nitrogens is 1. The number of esters is 1. The third kappa shape index (κ3) is 4.99. The van der Waals surface area contributed by atoms with Crippen LogP contribution in [0.3, 0.4) is 0 Å². The van der Waals surface area contributed by atoms with Crippen LogP contribution in [0.4, 0.5) is 5.69 Å². The minimum Gasteiger partial charge on any atom is -0.453 e. The number of hydrogen-bond donors (Lipinski definition) is 1. The van der Waals surface area contributed by atoms with Gasteiger partial charge in [-0.1, -0.05) is 35.3 Å². The lowest BCUT2D eigenvalue weighted by Gasteiger charge is -2.14. The van der Waals surface area contributed by atoms with Crippen LogP contribution in [0.1, 0.15) is 19.2 Å². The number of anilines is 1. The summed E-state index contributed by atoms with van der Waals surface area (Å²) < 4.78 is 10.7. The number of nitrogens with one attached hydrogen (secondary N) is 1. The number of carbonyl (C=O) groups excluding carboxylic acids is 2. The van der Waals surface area contributed by atoms with Crippen molar-refractivity contribution in [2.75, 3.05) is 5.32 Å². The van der Waals surface area contributed by atoms with Crippen LogP contribution in [-0.4, -0.2) is 23.0 Å². The number of aryl methyl sites for hydroxylation is 1. The van der Waals surface area contributed by atoms with Gasteiger partial charge in [0, 0.05) is 11.4 Å². The molecule has 0 fully saturated rings. The van der Waals surface area contributed by atoms with E-state index >= 15 is 0 Å². The van der Waals surface area contributed by atoms with Crippen molar-refractivity contribution in [1.82, 2.24) is 4.98 Å². The predicted molar refractivity (Wildman–Crippen MR) is 103 cm³/mol. The van der Waals surface area contributed by atoms with Gasteiger partial charge in [-0.15, -0.1) is 0 Å². The molecule has 27 heavy (non-hydrogen) atoms. The Morgan fingerprint density at radius 1 is 1.22 bits per heavy atom. The molecule has 140 valence electrons. The Kier molecular flexibility index (Phi) is 5.98. The zero-order valence-electron chi connectivity index (χ0n) is 14.4. The van der Waals surface area contributed by atoms with Gasteiger partial charge in [-0.2, -0.15) is 0 Å². The summed E-state index contributed by atoms with van der Waals surface area (Å²) in [6.07, 6.45) is -0.648. The maximum Gasteiger partial charge on any atom is 0.307 e. The second-order valence-electron chi connectivity index (χ2n) is 5.82. The maximum absolute atomic E-state index is 12.2. The molecule has 8 heteroatoms. The van der Waals surface area contributed by atoms with E-state index in [4.69, 9.17) is 32.4 Å². The lowest BCUT2D eigenvalue weighted by Crippen LogP contribution is -2.30. The van der Waals surface area contributed by atoms with Gasteiger partial charge >= 0.3 is 5.97 Å². The summed E-state index contributed by atoms with van der Waals surface area (Å²) in [7, 11) is 0. The van der Waals surface area contributed by atoms with Gasteiger partial charge < -0.3 is 14.5 Å². The van der Waals surface area contributed by atoms with Crippen LogP contribution < -0.4 is 5.32 Å². The number of ether oxygens (including phenoxy) is 1. The van der Waals surface area contributed by atoms with Crippen LogP contribution in [0.2, 0.25) is 10.0 Å². The number of nitrogens with zero attached hydrogens (tertiary/aromatic N) is 1. The lowest BCUT2D eigenvalue weighted by molar-refractivity contribution is -0.153. The fraction of sp³-hybridized carbons (Fsp3) is 0.211. The lowest BCUT2D eigenvalue weighted by atomic mass is 10.3. The summed E-state index contributed by atoms with van der Waals surface area (Å²) in [5.74, 6) is -0.574. The largest absolute Gasteiger partial charge is 0.453 e. The first-order valence-corrected chi connectivity index (χ1v) is 8.98. The van der Waals surface area contributed by atoms with Gasteiger partial charge in [-0.05, 0) is 37.3 Å². The third-order valence-corrected chi connectivity index (χ3v) is 4.30. The number of rotatable bonds is 6. The van der Waals surface area contributed by atoms with Crippen molar-refractivity contribution < 1.29 is 18.7 Å². The molecule has 1 heterocycles. The second kappa shape index (κ2) is 8.41. The van der Waals surface area contributed by atoms with E-state index < -0.39 is 18.0 Å². The van der Waals surface area contributed by atoms with E-state index in [1.54, 1.807) is 18.2 Å². The molecule has 3 rings (SSSR count). The van der Waals surface area contributed by atoms with Gasteiger partial charge in [0.2, 0.25) is 0 Å². The Morgan fingerprint density at radius 3 is 2.74 bits per heavy atom. The van der Waals surface area contributed by atoms with Crippen molar-refractivity contribution in [3.63, 3.8) is 0 Å². The molecule has 2 aromatic carbocycles. The van der Waals surface area contributed by atoms with Crippen molar-refractivity contribution in [3.8, 4) is 0 Å². The molecule has 3 aromatic rings. The molecule has 1 N–H and O–H groups in total. The minimum atomic E-state index is -0.979. The zero-order chi connectivity index (χ0) is 19.4. The monoisotopic (exact) mass is 406 g/mol. The van der Waals surface area contributed by atoms with Crippen molar-refractivity contribution in [1.29, 1.82) is 0 Å². The minimum absolute atomic E-state index is 0.0478. The van der Waals surface area contributed by atoms with Crippen molar-refractivity contribution in [3.05, 3.63) is 58.4 Å². The first-order chi connectivity index (χ1) is 12.9. The van der Waals surface area contributed by atoms with Crippen molar-refractivity contribution in [2.45, 2.75) is 25.9 Å². The van der Waals surface area contributed by atoms with Crippen LogP contribution in [0.25, 0.3) is 11.1 Å². The molecule has 1 atom stereocenters. The number of amides is 1. The molecule has 0 unspecified atom stereocenters. The molecule has 0 aliphatic carbocycles. The Balaban J connectivity index is 1.51. The molecule has 6 nitrogen and oxygen atoms in total. The molecule has 0 radical (unpaired) electrons. The first-order valence-electron chi connectivity index (χ1n) is 8.22. The quantitative estimate of drug-likeness (QED) is 0.603. The zero-order valence-corrected chi connectivity index (χ0v) is 15.9. The first kappa shape index (κ1) is 19.2. The van der Waals surface area contributed by atoms with E-state index in [1.165, 1.54) is 13.0 Å². The number of oxazole rings is 1. The van der Waals surface area contributed by atoms with Crippen molar-refractivity contribution in [2.24, 2.45) is 0 Å². The SMILES string of the molecule is C[C@@H](OC(=O)CCc1nc2ccccc2o1)C(=O)Nc1ccc(Cl)cc1Cl. The van der Waals surface area contributed by atoms with Crippen LogP contribution in [0, 0.1) is 0 Å². The van der Waals surface area contributed by atoms with Crippen molar-refractivity contribution >= 4 is 51.9 Å². The molecular weight excluding hydrogens is 391 g/mol. The highest BCUT2D eigenvalue weighted by Crippen LogP contribution is 2.25. The Hall–Kier alpha value is -2.57. The van der Waals surface area contributed by atoms with E-state index in [9.17, 15) is 9.59 Å². The van der Waals surface area contributed by atoms with Gasteiger partial charge in [-0.3, -0.25) is 9.59 Å². The topological polar surface area (TPSA) is 81.4 Å². The van der Waals surface area contributed by atoms with Crippen LogP contribution in [0.15, 0.2) is 46.9 Å². The van der Waals surface area contributed by atoms with Crippen LogP contribution >= 0.6 is 23.2 Å². The van der Waals surface area contributed by atoms with Gasteiger partial charge in [0.25, 0.3) is 5.91 Å². The number of hydrogen-bond acceptors (Lipinski definition) is 5. The van der Waals surface area contributed by atoms with Gasteiger partial charge in [0.15, 0.2) is 17.6 Å². The molecule has 1 amide bonds. The molecule has 0 saturated carbocycles. The summed E-state index contributed by atoms with van der Waals surface area (Å²) in [5, 5.41) is 3.35. The summed E-state index contributed by atoms with van der Waals surface area (Å²) in [6, 6.07) is 12.0. The highest BCUT2D eigenvalue weighted by Gasteiger charge is 2.19. The standard InChI is InChI=1S/C19H16Cl2N2O4/c1-11(19(25)23-14-7-6-12(20)10-13(14)21)26-18(24)9-8-17-22-15-4-2-3-5-16(15)27-17/h2-7,10-11H,8-9H2,1H3,(H,23,25)/t11-/m1/s1. The number of fused-ring (bicyclic) bond motifs is 1. The third-order valence-electron chi connectivity index (χ3n) is 3.75. The molecule has 0 aliphatic heterocycles. The molecule has 0 spiro atoms. The van der Waals surface area contributed by atoms with E-state index in [2.05, 4.69) is 10.3 Å². The van der Waals surface area contributed by atoms with E-state index in [0.717, 1.165) is 5.52 Å². The molecular formula is C19H16Cl2N2O4. The van der Waals surface area contributed by atoms with Crippen LogP contribution in [0.5, 0.6) is 0 Å². The second-order valence-corrected chi connectivity index (χ2v) is 6.66. The van der Waals surface area contributed by atoms with E-state index in [0.29, 0.717) is 27.2 Å². The Labute approximate surface area is 165 Å². The fourth-order valence-electron chi connectivity index (χ4n) is 2.37. The average molecular weight is 407 g/mol. The number of carbonyl (C=O) groups is 2. The predicted octanol–water partition coefficient (Wildman–Crippen LogP) is 4.64. The number of halogens is 2. The highest BCUT2D eigenvalue weighted by molar-refractivity contribution is 6.36. The van der Waals surface area contributed by atoms with E-state index in [1.807, 2.05) is 18.2 Å². The Morgan fingerprint density at radius 2 is 2.00 bits per heavy atom. The van der Waals surface area contributed by atoms with Crippen LogP contribution in [-0.2, 0) is 20.7 Å². The normalized spacial score (nSPS) is 12.0. The summed E-state index contributed by atoms with van der Waals surface area (Å²) in [5.41, 5.74) is 1.78. The smallest absolute Gasteiger partial charge is 0.307 e. The van der Waals surface area contributed by atoms with Gasteiger partial charge in [-0.25, -0.2) is 4.98 Å². The number of para-hydroxylation sites is 2. The molecule has 0 aliphatic rings. The van der Waals surface area contributed by atoms with E-state index in [-0.39, 0.29) is 12.8 Å². The highest BCUT2D eigenvalue weighted by atomic mass is 35.5. The summed E-state index contributed by atoms with van der Waals surface area (Å²) in [6.45, 7) is 1.48. The average Bonchev–Trinajstić information content (AvgIpc) is 3.05. The summed E-state index contributed by atoms with van der Waals surface area (Å²) >= 11 is 11.8. The Bertz CT molecular complexity index is 954. The molecule has 0 saturated heterocycles. The fourth-order valence-corrected chi connectivity index (χ4v) is 2.83. The van der Waals surface area contributed by atoms with Gasteiger partial charge in [0.1, 0.15) is 5.52 Å². The molecule has 0 bridgehead atoms.